The van der Waals surface area contributed by atoms with Crippen LogP contribution in [0.4, 0.5) is 0 Å². The number of fused-ring (bicyclic) bond motifs is 11. The van der Waals surface area contributed by atoms with Gasteiger partial charge in [0.15, 0.2) is 0 Å². The molecule has 4 heterocycles. The average molecular weight is 1600 g/mol. The van der Waals surface area contributed by atoms with E-state index < -0.39 is 0 Å². The number of aromatic nitrogens is 4. The molecule has 4 aromatic heterocycles. The fourth-order valence-electron chi connectivity index (χ4n) is 20.6. The molecule has 4 nitrogen and oxygen atoms in total. The molecule has 628 valence electrons. The quantitative estimate of drug-likeness (QED) is 0.0357. The van der Waals surface area contributed by atoms with E-state index >= 15 is 0 Å². The van der Waals surface area contributed by atoms with Crippen LogP contribution < -0.4 is 0 Å². The van der Waals surface area contributed by atoms with Gasteiger partial charge in [-0.25, -0.2) is 0 Å². The summed E-state index contributed by atoms with van der Waals surface area (Å²) in [6, 6.07) is 16.1. The van der Waals surface area contributed by atoms with Crippen molar-refractivity contribution in [2.24, 2.45) is 0 Å². The maximum absolute atomic E-state index is 5.55. The summed E-state index contributed by atoms with van der Waals surface area (Å²) in [6.45, 7) is 14.0. The maximum Gasteiger partial charge on any atom is 0.114 e. The van der Waals surface area contributed by atoms with Crippen molar-refractivity contribution in [3.05, 3.63) is 69.1 Å². The Balaban J connectivity index is 0.970. The molecular formula is C104H168N4S4. The van der Waals surface area contributed by atoms with E-state index in [0.29, 0.717) is 0 Å². The predicted octanol–water partition coefficient (Wildman–Crippen LogP) is 38.0. The van der Waals surface area contributed by atoms with Gasteiger partial charge in [-0.2, -0.15) is 17.5 Å². The Morgan fingerprint density at radius 3 is 0.741 bits per heavy atom. The first-order valence-electron chi connectivity index (χ1n) is 49.6. The number of hydrogen-bond acceptors (Lipinski definition) is 8. The van der Waals surface area contributed by atoms with E-state index in [1.807, 2.05) is 22.7 Å². The zero-order chi connectivity index (χ0) is 78.2. The molecule has 0 saturated carbocycles. The van der Waals surface area contributed by atoms with Crippen LogP contribution in [0.5, 0.6) is 0 Å². The van der Waals surface area contributed by atoms with Gasteiger partial charge >= 0.3 is 0 Å². The van der Waals surface area contributed by atoms with Gasteiger partial charge in [-0.15, -0.1) is 22.7 Å². The Morgan fingerprint density at radius 1 is 0.223 bits per heavy atom. The van der Waals surface area contributed by atoms with Gasteiger partial charge in [-0.05, 0) is 109 Å². The third kappa shape index (κ3) is 29.7. The molecule has 9 rings (SSSR count). The molecule has 112 heavy (non-hydrogen) atoms. The molecular weight excluding hydrogens is 1430 g/mol. The number of unbranched alkanes of at least 4 members (excludes halogenated alkanes) is 64. The first-order chi connectivity index (χ1) is 55.4. The van der Waals surface area contributed by atoms with Gasteiger partial charge in [0.2, 0.25) is 0 Å². The summed E-state index contributed by atoms with van der Waals surface area (Å²) in [5.74, 6) is 0. The molecule has 0 bridgehead atoms. The molecule has 0 amide bonds. The highest BCUT2D eigenvalue weighted by molar-refractivity contribution is 7.29. The molecule has 7 aromatic rings. The van der Waals surface area contributed by atoms with Crippen molar-refractivity contribution >= 4 is 77.6 Å². The number of rotatable bonds is 73. The van der Waals surface area contributed by atoms with Crippen molar-refractivity contribution in [1.82, 2.24) is 17.5 Å². The topological polar surface area (TPSA) is 51.6 Å². The highest BCUT2D eigenvalue weighted by Gasteiger charge is 2.50. The minimum Gasteiger partial charge on any atom is -0.173 e. The largest absolute Gasteiger partial charge is 0.173 e. The van der Waals surface area contributed by atoms with Gasteiger partial charge in [0.05, 0.1) is 23.5 Å². The third-order valence-electron chi connectivity index (χ3n) is 27.5. The first kappa shape index (κ1) is 92.8. The van der Waals surface area contributed by atoms with Crippen LogP contribution in [-0.2, 0) is 10.8 Å². The lowest BCUT2D eigenvalue weighted by Crippen LogP contribution is -2.27. The maximum atomic E-state index is 5.55. The molecule has 0 atom stereocenters. The number of thiophene rings is 2. The van der Waals surface area contributed by atoms with Crippen LogP contribution >= 0.6 is 46.1 Å². The number of nitrogens with zero attached hydrogens (tertiary/aromatic N) is 4. The summed E-state index contributed by atoms with van der Waals surface area (Å²) >= 11 is 6.87. The van der Waals surface area contributed by atoms with Crippen LogP contribution in [0.1, 0.15) is 523 Å². The summed E-state index contributed by atoms with van der Waals surface area (Å²) in [7, 11) is 0. The lowest BCUT2D eigenvalue weighted by molar-refractivity contribution is 0.393. The van der Waals surface area contributed by atoms with E-state index in [4.69, 9.17) is 17.5 Å². The SMILES string of the molecule is CCCCCCCCCCCCCCCCCCCC1(CCCCCCCCCCCCCCCCCCC)c2cc3c(cc2-c2c1cc(C)c1nsnc21)C(CCCCCCCCCCCCCCCCCCC)(CCCCCCCCCCCCCCCCCCC)c1cc(-c2cc4sc(C)cc4s2)c2nsnc2c1-3. The zero-order valence-corrected chi connectivity index (χ0v) is 77.1. The average Bonchev–Trinajstić information content (AvgIpc) is 1.51. The second kappa shape index (κ2) is 55.7. The molecule has 0 aliphatic heterocycles. The van der Waals surface area contributed by atoms with Crippen LogP contribution in [0.3, 0.4) is 0 Å². The number of aryl methyl sites for hydroxylation is 2. The molecule has 0 radical (unpaired) electrons. The molecule has 2 aliphatic carbocycles. The monoisotopic (exact) mass is 1600 g/mol. The van der Waals surface area contributed by atoms with Gasteiger partial charge in [0.1, 0.15) is 22.1 Å². The fourth-order valence-corrected chi connectivity index (χ4v) is 24.2. The lowest BCUT2D eigenvalue weighted by Gasteiger charge is -2.35. The standard InChI is InChI=1S/C104H168N4S4/c1-7-11-15-19-23-27-31-35-39-43-47-51-55-59-63-67-71-75-103(76-72-68-64-60-56-52-48-44-40-36-32-28-24-20-16-12-8-2)90-82-88-91(81-87(90)97-92(103)79-85(5)99-101(97)107-111-105-99)104(77-73-69-65-61-57-53-49-45-41-37-33-29-25-21-17-13-9-3,78-74-70-66-62-58-54-50-46-42-38-34-30-26-22-18-14-10-4)93-83-89(100-102(98(88)93)108-112-106-100)94-84-96-95(110-94)80-86(6)109-96/h79-84H,7-78H2,1-6H3. The van der Waals surface area contributed by atoms with Gasteiger partial charge in [0.25, 0.3) is 0 Å². The third-order valence-corrected chi connectivity index (χ3v) is 30.7. The molecule has 0 saturated heterocycles. The summed E-state index contributed by atoms with van der Waals surface area (Å²) in [5.41, 5.74) is 19.3. The van der Waals surface area contributed by atoms with E-state index in [2.05, 4.69) is 77.9 Å². The zero-order valence-electron chi connectivity index (χ0n) is 73.8. The molecule has 8 heteroatoms. The summed E-state index contributed by atoms with van der Waals surface area (Å²) in [4.78, 5) is 2.77. The second-order valence-electron chi connectivity index (χ2n) is 36.8. The minimum atomic E-state index is -0.126. The van der Waals surface area contributed by atoms with E-state index in [0.717, 1.165) is 11.0 Å². The Labute approximate surface area is 706 Å². The second-order valence-corrected chi connectivity index (χ2v) is 40.2. The number of hydrogen-bond donors (Lipinski definition) is 0. The van der Waals surface area contributed by atoms with E-state index in [1.165, 1.54) is 549 Å². The van der Waals surface area contributed by atoms with Crippen molar-refractivity contribution in [2.45, 2.75) is 515 Å². The molecule has 0 unspecified atom stereocenters. The number of benzene rings is 3. The summed E-state index contributed by atoms with van der Waals surface area (Å²) < 4.78 is 24.3. The Hall–Kier alpha value is -3.04. The van der Waals surface area contributed by atoms with Crippen molar-refractivity contribution < 1.29 is 0 Å². The molecule has 0 fully saturated rings. The van der Waals surface area contributed by atoms with Crippen LogP contribution in [0, 0.1) is 13.8 Å². The van der Waals surface area contributed by atoms with Gasteiger partial charge in [0, 0.05) is 46.7 Å². The van der Waals surface area contributed by atoms with Crippen LogP contribution in [-0.4, -0.2) is 17.5 Å². The highest BCUT2D eigenvalue weighted by Crippen LogP contribution is 2.64. The van der Waals surface area contributed by atoms with E-state index in [1.54, 1.807) is 22.3 Å². The highest BCUT2D eigenvalue weighted by atomic mass is 32.1. The van der Waals surface area contributed by atoms with Gasteiger partial charge in [-0.1, -0.05) is 470 Å². The van der Waals surface area contributed by atoms with Crippen LogP contribution in [0.2, 0.25) is 0 Å². The van der Waals surface area contributed by atoms with E-state index in [-0.39, 0.29) is 10.8 Å². The van der Waals surface area contributed by atoms with Gasteiger partial charge in [-0.3, -0.25) is 0 Å². The Kier molecular flexibility index (Phi) is 46.1. The Bertz CT molecular complexity index is 3470. The van der Waals surface area contributed by atoms with Gasteiger partial charge < -0.3 is 0 Å². The lowest BCUT2D eigenvalue weighted by atomic mass is 9.68. The molecule has 0 N–H and O–H groups in total. The van der Waals surface area contributed by atoms with Crippen molar-refractivity contribution in [3.8, 4) is 32.7 Å². The summed E-state index contributed by atoms with van der Waals surface area (Å²) in [5, 5.41) is 0. The van der Waals surface area contributed by atoms with Crippen molar-refractivity contribution in [1.29, 1.82) is 0 Å². The summed E-state index contributed by atoms with van der Waals surface area (Å²) in [6.07, 6.45) is 100. The normalized spacial score (nSPS) is 13.5. The fraction of sp³-hybridized carbons (Fsp3) is 0.769. The minimum absolute atomic E-state index is 0.0833. The predicted molar refractivity (Wildman–Crippen MR) is 504 cm³/mol. The smallest absolute Gasteiger partial charge is 0.114 e. The molecule has 3 aromatic carbocycles. The molecule has 0 spiro atoms. The van der Waals surface area contributed by atoms with Crippen LogP contribution in [0.15, 0.2) is 36.4 Å². The molecule has 2 aliphatic rings. The van der Waals surface area contributed by atoms with Crippen molar-refractivity contribution in [3.63, 3.8) is 0 Å². The Morgan fingerprint density at radius 2 is 0.455 bits per heavy atom. The van der Waals surface area contributed by atoms with Crippen LogP contribution in [0.25, 0.3) is 64.2 Å². The first-order valence-corrected chi connectivity index (χ1v) is 52.7. The van der Waals surface area contributed by atoms with E-state index in [9.17, 15) is 0 Å². The van der Waals surface area contributed by atoms with Crippen molar-refractivity contribution in [2.75, 3.05) is 0 Å².